The van der Waals surface area contributed by atoms with Gasteiger partial charge in [0.2, 0.25) is 11.8 Å². The molecule has 2 aromatic rings. The molecule has 3 heterocycles. The highest BCUT2D eigenvalue weighted by Crippen LogP contribution is 2.23. The number of aryl methyl sites for hydroxylation is 2. The van der Waals surface area contributed by atoms with Gasteiger partial charge in [-0.1, -0.05) is 19.0 Å². The van der Waals surface area contributed by atoms with Crippen LogP contribution in [0.3, 0.4) is 0 Å². The minimum Gasteiger partial charge on any atom is -0.339 e. The fourth-order valence-corrected chi connectivity index (χ4v) is 3.20. The summed E-state index contributed by atoms with van der Waals surface area (Å²) in [5, 5.41) is 3.87. The molecule has 8 heteroatoms. The zero-order valence-corrected chi connectivity index (χ0v) is 15.3. The van der Waals surface area contributed by atoms with E-state index in [1.54, 1.807) is 13.1 Å². The average molecular weight is 346 g/mol. The zero-order chi connectivity index (χ0) is 18.0. The molecule has 0 aromatic carbocycles. The molecule has 2 aromatic heterocycles. The van der Waals surface area contributed by atoms with Crippen molar-refractivity contribution in [1.82, 2.24) is 29.5 Å². The maximum Gasteiger partial charge on any atom is 0.245 e. The third-order valence-corrected chi connectivity index (χ3v) is 4.66. The Morgan fingerprint density at radius 3 is 2.88 bits per heavy atom. The lowest BCUT2D eigenvalue weighted by Gasteiger charge is -2.37. The highest BCUT2D eigenvalue weighted by molar-refractivity contribution is 5.76. The van der Waals surface area contributed by atoms with Gasteiger partial charge in [0, 0.05) is 50.9 Å². The number of carbonyl (C=O) groups excluding carboxylic acids is 1. The molecule has 25 heavy (non-hydrogen) atoms. The molecule has 1 fully saturated rings. The molecule has 0 radical (unpaired) electrons. The fraction of sp³-hybridized carbons (Fsp3) is 0.647. The van der Waals surface area contributed by atoms with Crippen molar-refractivity contribution in [3.05, 3.63) is 29.9 Å². The number of carbonyl (C=O) groups is 1. The van der Waals surface area contributed by atoms with Crippen LogP contribution in [0.2, 0.25) is 0 Å². The SMILES string of the molecule is Cc1noc(C2CN(C(=O)CCn3ccnc3C(C)C)CCN2C)n1. The molecule has 136 valence electrons. The minimum absolute atomic E-state index is 0.0432. The molecule has 0 saturated carbocycles. The first kappa shape index (κ1) is 17.6. The summed E-state index contributed by atoms with van der Waals surface area (Å²) in [7, 11) is 2.02. The molecular weight excluding hydrogens is 320 g/mol. The van der Waals surface area contributed by atoms with Crippen LogP contribution in [0.1, 0.15) is 49.8 Å². The molecule has 0 spiro atoms. The number of rotatable bonds is 5. The van der Waals surface area contributed by atoms with Gasteiger partial charge in [-0.25, -0.2) is 4.98 Å². The molecule has 0 N–H and O–H groups in total. The van der Waals surface area contributed by atoms with E-state index in [1.165, 1.54) is 0 Å². The first-order chi connectivity index (χ1) is 12.0. The quantitative estimate of drug-likeness (QED) is 0.818. The van der Waals surface area contributed by atoms with Gasteiger partial charge >= 0.3 is 0 Å². The normalized spacial score (nSPS) is 18.9. The number of aromatic nitrogens is 4. The predicted molar refractivity (Wildman–Crippen MR) is 91.9 cm³/mol. The second kappa shape index (κ2) is 7.35. The van der Waals surface area contributed by atoms with Crippen LogP contribution in [0, 0.1) is 6.92 Å². The first-order valence-electron chi connectivity index (χ1n) is 8.75. The van der Waals surface area contributed by atoms with E-state index in [9.17, 15) is 4.79 Å². The minimum atomic E-state index is -0.0432. The van der Waals surface area contributed by atoms with Crippen molar-refractivity contribution in [2.75, 3.05) is 26.7 Å². The van der Waals surface area contributed by atoms with Crippen LogP contribution in [0.4, 0.5) is 0 Å². The molecule has 1 atom stereocenters. The van der Waals surface area contributed by atoms with Gasteiger partial charge in [0.25, 0.3) is 0 Å². The summed E-state index contributed by atoms with van der Waals surface area (Å²) in [6, 6.07) is -0.0432. The van der Waals surface area contributed by atoms with Gasteiger partial charge in [-0.15, -0.1) is 0 Å². The van der Waals surface area contributed by atoms with E-state index in [0.717, 1.165) is 18.9 Å². The lowest BCUT2D eigenvalue weighted by Crippen LogP contribution is -2.49. The lowest BCUT2D eigenvalue weighted by atomic mass is 10.1. The summed E-state index contributed by atoms with van der Waals surface area (Å²) in [5.74, 6) is 2.71. The van der Waals surface area contributed by atoms with Gasteiger partial charge in [0.1, 0.15) is 11.9 Å². The van der Waals surface area contributed by atoms with E-state index < -0.39 is 0 Å². The molecule has 1 aliphatic heterocycles. The van der Waals surface area contributed by atoms with Crippen molar-refractivity contribution in [3.8, 4) is 0 Å². The summed E-state index contributed by atoms with van der Waals surface area (Å²) in [5.41, 5.74) is 0. The van der Waals surface area contributed by atoms with Crippen molar-refractivity contribution in [3.63, 3.8) is 0 Å². The Morgan fingerprint density at radius 1 is 1.40 bits per heavy atom. The van der Waals surface area contributed by atoms with Gasteiger partial charge in [0.05, 0.1) is 0 Å². The highest BCUT2D eigenvalue weighted by Gasteiger charge is 2.31. The van der Waals surface area contributed by atoms with Crippen LogP contribution >= 0.6 is 0 Å². The summed E-state index contributed by atoms with van der Waals surface area (Å²) >= 11 is 0. The van der Waals surface area contributed by atoms with Gasteiger partial charge in [-0.05, 0) is 14.0 Å². The molecule has 3 rings (SSSR count). The van der Waals surface area contributed by atoms with Crippen molar-refractivity contribution in [1.29, 1.82) is 0 Å². The standard InChI is InChI=1S/C17H26N6O2/c1-12(2)16-18-6-8-22(16)7-5-15(24)23-10-9-21(4)14(11-23)17-19-13(3)20-25-17/h6,8,12,14H,5,7,9-11H2,1-4H3. The van der Waals surface area contributed by atoms with Crippen LogP contribution in [0.5, 0.6) is 0 Å². The van der Waals surface area contributed by atoms with Gasteiger partial charge in [0.15, 0.2) is 5.82 Å². The van der Waals surface area contributed by atoms with Gasteiger partial charge in [-0.2, -0.15) is 4.98 Å². The van der Waals surface area contributed by atoms with Crippen LogP contribution in [0.25, 0.3) is 0 Å². The summed E-state index contributed by atoms with van der Waals surface area (Å²) in [6.45, 7) is 8.77. The maximum atomic E-state index is 12.7. The average Bonchev–Trinajstić information content (AvgIpc) is 3.22. The van der Waals surface area contributed by atoms with E-state index in [2.05, 4.69) is 38.4 Å². The Hall–Kier alpha value is -2.22. The van der Waals surface area contributed by atoms with Crippen LogP contribution in [0.15, 0.2) is 16.9 Å². The number of hydrogen-bond donors (Lipinski definition) is 0. The van der Waals surface area contributed by atoms with Crippen LogP contribution < -0.4 is 0 Å². The number of nitrogens with zero attached hydrogens (tertiary/aromatic N) is 6. The third kappa shape index (κ3) is 3.89. The maximum absolute atomic E-state index is 12.7. The summed E-state index contributed by atoms with van der Waals surface area (Å²) in [6.07, 6.45) is 4.20. The second-order valence-electron chi connectivity index (χ2n) is 6.90. The second-order valence-corrected chi connectivity index (χ2v) is 6.90. The number of likely N-dealkylation sites (N-methyl/N-ethyl adjacent to an activating group) is 1. The molecule has 1 amide bonds. The molecule has 0 aliphatic carbocycles. The smallest absolute Gasteiger partial charge is 0.245 e. The Morgan fingerprint density at radius 2 is 2.20 bits per heavy atom. The third-order valence-electron chi connectivity index (χ3n) is 4.66. The molecule has 1 aliphatic rings. The van der Waals surface area contributed by atoms with Crippen molar-refractivity contribution < 1.29 is 9.32 Å². The molecular formula is C17H26N6O2. The van der Waals surface area contributed by atoms with Crippen molar-refractivity contribution >= 4 is 5.91 Å². The number of hydrogen-bond acceptors (Lipinski definition) is 6. The molecule has 1 unspecified atom stereocenters. The van der Waals surface area contributed by atoms with E-state index in [4.69, 9.17) is 4.52 Å². The Kier molecular flexibility index (Phi) is 5.17. The fourth-order valence-electron chi connectivity index (χ4n) is 3.20. The van der Waals surface area contributed by atoms with E-state index in [-0.39, 0.29) is 11.9 Å². The largest absolute Gasteiger partial charge is 0.339 e. The topological polar surface area (TPSA) is 80.3 Å². The summed E-state index contributed by atoms with van der Waals surface area (Å²) < 4.78 is 7.38. The Bertz CT molecular complexity index is 722. The number of amides is 1. The number of imidazole rings is 1. The lowest BCUT2D eigenvalue weighted by molar-refractivity contribution is -0.134. The Labute approximate surface area is 147 Å². The predicted octanol–water partition coefficient (Wildman–Crippen LogP) is 1.60. The van der Waals surface area contributed by atoms with Gasteiger partial charge in [-0.3, -0.25) is 9.69 Å². The molecule has 8 nitrogen and oxygen atoms in total. The van der Waals surface area contributed by atoms with Crippen molar-refractivity contribution in [2.45, 2.75) is 45.7 Å². The molecule has 1 saturated heterocycles. The van der Waals surface area contributed by atoms with Crippen LogP contribution in [-0.4, -0.2) is 62.1 Å². The van der Waals surface area contributed by atoms with E-state index in [0.29, 0.717) is 37.1 Å². The Balaban J connectivity index is 1.61. The highest BCUT2D eigenvalue weighted by atomic mass is 16.5. The van der Waals surface area contributed by atoms with E-state index >= 15 is 0 Å². The monoisotopic (exact) mass is 346 g/mol. The number of piperazine rings is 1. The zero-order valence-electron chi connectivity index (χ0n) is 15.3. The van der Waals surface area contributed by atoms with Crippen molar-refractivity contribution in [2.24, 2.45) is 0 Å². The molecule has 0 bridgehead atoms. The van der Waals surface area contributed by atoms with Gasteiger partial charge < -0.3 is 14.0 Å². The van der Waals surface area contributed by atoms with Crippen LogP contribution in [-0.2, 0) is 11.3 Å². The summed E-state index contributed by atoms with van der Waals surface area (Å²) in [4.78, 5) is 25.4. The van der Waals surface area contributed by atoms with E-state index in [1.807, 2.05) is 18.1 Å². The first-order valence-corrected chi connectivity index (χ1v) is 8.75.